The highest BCUT2D eigenvalue weighted by Gasteiger charge is 2.32. The molecule has 18 heavy (non-hydrogen) atoms. The van der Waals surface area contributed by atoms with Crippen LogP contribution >= 0.6 is 15.9 Å². The number of hydrogen-bond acceptors (Lipinski definition) is 4. The summed E-state index contributed by atoms with van der Waals surface area (Å²) in [5.74, 6) is -0.407. The van der Waals surface area contributed by atoms with Crippen LogP contribution in [-0.4, -0.2) is 28.4 Å². The lowest BCUT2D eigenvalue weighted by molar-refractivity contribution is -0.147. The number of ether oxygens (including phenoxy) is 1. The van der Waals surface area contributed by atoms with E-state index in [-0.39, 0.29) is 6.04 Å². The molecule has 0 saturated carbocycles. The number of nitrogens with two attached hydrogens (primary N) is 1. The minimum atomic E-state index is -1.01. The molecule has 1 heterocycles. The van der Waals surface area contributed by atoms with Crippen LogP contribution in [0.15, 0.2) is 4.47 Å². The smallest absolute Gasteiger partial charge is 0.325 e. The molecular formula is C12H20BrN3O2. The maximum atomic E-state index is 11.6. The van der Waals surface area contributed by atoms with E-state index in [9.17, 15) is 4.79 Å². The Morgan fingerprint density at radius 3 is 2.56 bits per heavy atom. The largest absolute Gasteiger partial charge is 0.468 e. The number of methoxy groups -OCH3 is 1. The lowest BCUT2D eigenvalue weighted by Gasteiger charge is -2.25. The molecule has 0 aliphatic carbocycles. The standard InChI is InChI=1S/C12H20BrN3O2/c1-7(6-12(4,14)11(17)18-5)16-9(3)10(13)8(2)15-16/h7H,6,14H2,1-5H3. The molecule has 0 aliphatic rings. The number of carbonyl (C=O) groups excluding carboxylic acids is 1. The molecule has 0 aromatic carbocycles. The third-order valence-electron chi connectivity index (χ3n) is 3.03. The predicted molar refractivity (Wildman–Crippen MR) is 73.3 cm³/mol. The zero-order valence-corrected chi connectivity index (χ0v) is 13.0. The SMILES string of the molecule is COC(=O)C(C)(N)CC(C)n1nc(C)c(Br)c1C. The van der Waals surface area contributed by atoms with Crippen molar-refractivity contribution in [3.05, 3.63) is 15.9 Å². The molecule has 0 aliphatic heterocycles. The van der Waals surface area contributed by atoms with Crippen molar-refractivity contribution >= 4 is 21.9 Å². The number of aromatic nitrogens is 2. The van der Waals surface area contributed by atoms with E-state index in [0.717, 1.165) is 15.9 Å². The monoisotopic (exact) mass is 317 g/mol. The van der Waals surface area contributed by atoms with Gasteiger partial charge in [-0.3, -0.25) is 9.48 Å². The number of aryl methyl sites for hydroxylation is 1. The number of nitrogens with zero attached hydrogens (tertiary/aromatic N) is 2. The molecule has 102 valence electrons. The molecule has 0 amide bonds. The Morgan fingerprint density at radius 2 is 2.17 bits per heavy atom. The first kappa shape index (κ1) is 15.2. The minimum absolute atomic E-state index is 0.0177. The van der Waals surface area contributed by atoms with Gasteiger partial charge < -0.3 is 10.5 Å². The van der Waals surface area contributed by atoms with Crippen LogP contribution < -0.4 is 5.73 Å². The van der Waals surface area contributed by atoms with Crippen LogP contribution in [-0.2, 0) is 9.53 Å². The van der Waals surface area contributed by atoms with Crippen LogP contribution in [0.4, 0.5) is 0 Å². The molecule has 2 N–H and O–H groups in total. The molecule has 0 fully saturated rings. The molecule has 5 nitrogen and oxygen atoms in total. The predicted octanol–water partition coefficient (Wildman–Crippen LogP) is 2.10. The van der Waals surface area contributed by atoms with Crippen LogP contribution in [0.1, 0.15) is 37.7 Å². The maximum absolute atomic E-state index is 11.6. The van der Waals surface area contributed by atoms with E-state index >= 15 is 0 Å². The Kier molecular flexibility index (Phi) is 4.55. The Hall–Kier alpha value is -0.880. The molecule has 1 rings (SSSR count). The second-order valence-corrected chi connectivity index (χ2v) is 5.68. The Morgan fingerprint density at radius 1 is 1.61 bits per heavy atom. The quantitative estimate of drug-likeness (QED) is 0.863. The zero-order chi connectivity index (χ0) is 14.1. The number of esters is 1. The first-order valence-corrected chi connectivity index (χ1v) is 6.58. The molecule has 2 unspecified atom stereocenters. The van der Waals surface area contributed by atoms with E-state index < -0.39 is 11.5 Å². The van der Waals surface area contributed by atoms with Crippen LogP contribution in [0.3, 0.4) is 0 Å². The summed E-state index contributed by atoms with van der Waals surface area (Å²) in [6.07, 6.45) is 0.466. The fourth-order valence-corrected chi connectivity index (χ4v) is 2.35. The third kappa shape index (κ3) is 2.92. The van der Waals surface area contributed by atoms with E-state index in [4.69, 9.17) is 10.5 Å². The Balaban J connectivity index is 2.92. The van der Waals surface area contributed by atoms with Gasteiger partial charge in [0.1, 0.15) is 5.54 Å². The van der Waals surface area contributed by atoms with Crippen molar-refractivity contribution in [2.24, 2.45) is 5.73 Å². The van der Waals surface area contributed by atoms with E-state index in [1.54, 1.807) is 6.92 Å². The summed E-state index contributed by atoms with van der Waals surface area (Å²) in [6, 6.07) is 0.0177. The van der Waals surface area contributed by atoms with E-state index in [0.29, 0.717) is 6.42 Å². The highest BCUT2D eigenvalue weighted by molar-refractivity contribution is 9.10. The first-order valence-electron chi connectivity index (χ1n) is 5.79. The minimum Gasteiger partial charge on any atom is -0.468 e. The van der Waals surface area contributed by atoms with E-state index in [1.807, 2.05) is 25.5 Å². The van der Waals surface area contributed by atoms with Gasteiger partial charge in [-0.25, -0.2) is 0 Å². The summed E-state index contributed by atoms with van der Waals surface area (Å²) in [5, 5.41) is 4.44. The number of rotatable bonds is 4. The molecule has 0 bridgehead atoms. The van der Waals surface area contributed by atoms with Crippen molar-refractivity contribution < 1.29 is 9.53 Å². The molecular weight excluding hydrogens is 298 g/mol. The van der Waals surface area contributed by atoms with Gasteiger partial charge in [0.2, 0.25) is 0 Å². The van der Waals surface area contributed by atoms with Crippen LogP contribution in [0, 0.1) is 13.8 Å². The van der Waals surface area contributed by atoms with Crippen molar-refractivity contribution in [3.8, 4) is 0 Å². The topological polar surface area (TPSA) is 70.1 Å². The van der Waals surface area contributed by atoms with Gasteiger partial charge in [-0.05, 0) is 50.0 Å². The van der Waals surface area contributed by atoms with Crippen molar-refractivity contribution in [1.82, 2.24) is 9.78 Å². The first-order chi connectivity index (χ1) is 8.20. The summed E-state index contributed by atoms with van der Waals surface area (Å²) in [7, 11) is 1.35. The van der Waals surface area contributed by atoms with Crippen molar-refractivity contribution in [3.63, 3.8) is 0 Å². The van der Waals surface area contributed by atoms with Crippen molar-refractivity contribution in [1.29, 1.82) is 0 Å². The molecule has 0 radical (unpaired) electrons. The van der Waals surface area contributed by atoms with Crippen LogP contribution in [0.25, 0.3) is 0 Å². The highest BCUT2D eigenvalue weighted by Crippen LogP contribution is 2.26. The van der Waals surface area contributed by atoms with Gasteiger partial charge in [0, 0.05) is 0 Å². The summed E-state index contributed by atoms with van der Waals surface area (Å²) < 4.78 is 7.58. The van der Waals surface area contributed by atoms with Gasteiger partial charge in [-0.2, -0.15) is 5.10 Å². The second kappa shape index (κ2) is 5.40. The zero-order valence-electron chi connectivity index (χ0n) is 11.5. The van der Waals surface area contributed by atoms with Gasteiger partial charge in [0.15, 0.2) is 0 Å². The molecule has 1 aromatic heterocycles. The molecule has 0 saturated heterocycles. The fraction of sp³-hybridized carbons (Fsp3) is 0.667. The molecule has 6 heteroatoms. The average Bonchev–Trinajstić information content (AvgIpc) is 2.55. The van der Waals surface area contributed by atoms with Crippen molar-refractivity contribution in [2.75, 3.05) is 7.11 Å². The van der Waals surface area contributed by atoms with E-state index in [2.05, 4.69) is 21.0 Å². The van der Waals surface area contributed by atoms with E-state index in [1.165, 1.54) is 7.11 Å². The normalized spacial score (nSPS) is 16.2. The average molecular weight is 318 g/mol. The highest BCUT2D eigenvalue weighted by atomic mass is 79.9. The molecule has 1 aromatic rings. The summed E-state index contributed by atoms with van der Waals surface area (Å²) >= 11 is 3.48. The molecule has 2 atom stereocenters. The Bertz CT molecular complexity index is 454. The fourth-order valence-electron chi connectivity index (χ4n) is 2.09. The number of halogens is 1. The summed E-state index contributed by atoms with van der Waals surface area (Å²) in [6.45, 7) is 7.57. The lowest BCUT2D eigenvalue weighted by Crippen LogP contribution is -2.47. The van der Waals surface area contributed by atoms with Gasteiger partial charge in [-0.15, -0.1) is 0 Å². The summed E-state index contributed by atoms with van der Waals surface area (Å²) in [4.78, 5) is 11.6. The number of carbonyl (C=O) groups is 1. The third-order valence-corrected chi connectivity index (χ3v) is 4.17. The molecule has 0 spiro atoms. The second-order valence-electron chi connectivity index (χ2n) is 4.89. The van der Waals surface area contributed by atoms with Gasteiger partial charge >= 0.3 is 5.97 Å². The van der Waals surface area contributed by atoms with Crippen molar-refractivity contribution in [2.45, 2.75) is 45.7 Å². The maximum Gasteiger partial charge on any atom is 0.325 e. The van der Waals surface area contributed by atoms with Gasteiger partial charge in [0.25, 0.3) is 0 Å². The van der Waals surface area contributed by atoms with Crippen LogP contribution in [0.5, 0.6) is 0 Å². The lowest BCUT2D eigenvalue weighted by atomic mass is 9.95. The number of hydrogen-bond donors (Lipinski definition) is 1. The van der Waals surface area contributed by atoms with Gasteiger partial charge in [-0.1, -0.05) is 0 Å². The van der Waals surface area contributed by atoms with Gasteiger partial charge in [0.05, 0.1) is 29.0 Å². The summed E-state index contributed by atoms with van der Waals surface area (Å²) in [5.41, 5.74) is 6.92. The Labute approximate surface area is 116 Å². The van der Waals surface area contributed by atoms with Crippen LogP contribution in [0.2, 0.25) is 0 Å².